The third-order valence-electron chi connectivity index (χ3n) is 4.07. The Labute approximate surface area is 133 Å². The van der Waals surface area contributed by atoms with Crippen LogP contribution in [-0.2, 0) is 10.2 Å². The number of rotatable bonds is 4. The molecule has 1 saturated carbocycles. The highest BCUT2D eigenvalue weighted by molar-refractivity contribution is 7.80. The van der Waals surface area contributed by atoms with Crippen molar-refractivity contribution in [2.24, 2.45) is 5.73 Å². The van der Waals surface area contributed by atoms with E-state index in [0.29, 0.717) is 13.1 Å². The van der Waals surface area contributed by atoms with E-state index in [-0.39, 0.29) is 22.7 Å². The molecule has 1 aromatic carbocycles. The van der Waals surface area contributed by atoms with Gasteiger partial charge in [0, 0.05) is 5.69 Å². The molecule has 22 heavy (non-hydrogen) atoms. The lowest BCUT2D eigenvalue weighted by Crippen LogP contribution is -2.37. The number of thiocarbonyl (C=S) groups is 1. The number of benzene rings is 1. The number of cyclic esters (lactones) is 1. The SMILES string of the molecule is N#CC1(c2ccc(N3CC(CNC(N)=S)OC3=O)cc2)CC1. The Kier molecular flexibility index (Phi) is 3.62. The molecule has 7 heteroatoms. The van der Waals surface area contributed by atoms with Crippen molar-refractivity contribution in [3.8, 4) is 6.07 Å². The van der Waals surface area contributed by atoms with Gasteiger partial charge in [0.25, 0.3) is 0 Å². The molecule has 1 unspecified atom stereocenters. The number of anilines is 1. The zero-order chi connectivity index (χ0) is 15.7. The molecule has 0 bridgehead atoms. The van der Waals surface area contributed by atoms with Crippen molar-refractivity contribution in [1.82, 2.24) is 5.32 Å². The number of hydrogen-bond acceptors (Lipinski definition) is 4. The fraction of sp³-hybridized carbons (Fsp3) is 0.400. The summed E-state index contributed by atoms with van der Waals surface area (Å²) in [6.07, 6.45) is 1.13. The van der Waals surface area contributed by atoms with Crippen LogP contribution in [0, 0.1) is 11.3 Å². The summed E-state index contributed by atoms with van der Waals surface area (Å²) in [5.74, 6) is 0. The number of nitrogens with two attached hydrogens (primary N) is 1. The highest BCUT2D eigenvalue weighted by Crippen LogP contribution is 2.47. The van der Waals surface area contributed by atoms with E-state index >= 15 is 0 Å². The smallest absolute Gasteiger partial charge is 0.414 e. The number of carbonyl (C=O) groups is 1. The quantitative estimate of drug-likeness (QED) is 0.816. The van der Waals surface area contributed by atoms with Gasteiger partial charge in [-0.1, -0.05) is 12.1 Å². The van der Waals surface area contributed by atoms with Gasteiger partial charge in [-0.25, -0.2) is 4.79 Å². The Morgan fingerprint density at radius 2 is 2.18 bits per heavy atom. The predicted octanol–water partition coefficient (Wildman–Crippen LogP) is 1.40. The second-order valence-electron chi connectivity index (χ2n) is 5.60. The molecular formula is C15H16N4O2S. The molecule has 1 atom stereocenters. The van der Waals surface area contributed by atoms with Crippen LogP contribution in [-0.4, -0.2) is 30.4 Å². The van der Waals surface area contributed by atoms with Gasteiger partial charge in [-0.05, 0) is 42.8 Å². The van der Waals surface area contributed by atoms with Crippen LogP contribution in [0.25, 0.3) is 0 Å². The Hall–Kier alpha value is -2.33. The highest BCUT2D eigenvalue weighted by Gasteiger charge is 2.44. The van der Waals surface area contributed by atoms with Crippen molar-refractivity contribution in [2.45, 2.75) is 24.4 Å². The molecule has 0 aromatic heterocycles. The number of carbonyl (C=O) groups excluding carboxylic acids is 1. The number of nitriles is 1. The van der Waals surface area contributed by atoms with Gasteiger partial charge < -0.3 is 15.8 Å². The number of nitrogens with zero attached hydrogens (tertiary/aromatic N) is 2. The van der Waals surface area contributed by atoms with Gasteiger partial charge in [0.2, 0.25) is 0 Å². The van der Waals surface area contributed by atoms with Crippen molar-refractivity contribution >= 4 is 29.1 Å². The van der Waals surface area contributed by atoms with Gasteiger partial charge in [0.15, 0.2) is 5.11 Å². The minimum Gasteiger partial charge on any atom is -0.442 e. The number of hydrogen-bond donors (Lipinski definition) is 2. The van der Waals surface area contributed by atoms with Gasteiger partial charge in [0.1, 0.15) is 6.10 Å². The van der Waals surface area contributed by atoms with E-state index in [1.165, 1.54) is 0 Å². The van der Waals surface area contributed by atoms with Crippen molar-refractivity contribution in [1.29, 1.82) is 5.26 Å². The van der Waals surface area contributed by atoms with Gasteiger partial charge in [0.05, 0.1) is 24.6 Å². The summed E-state index contributed by atoms with van der Waals surface area (Å²) in [4.78, 5) is 13.5. The average molecular weight is 316 g/mol. The second kappa shape index (κ2) is 5.46. The molecule has 1 saturated heterocycles. The van der Waals surface area contributed by atoms with E-state index in [1.807, 2.05) is 24.3 Å². The molecule has 1 amide bonds. The minimum atomic E-state index is -0.385. The normalized spacial score (nSPS) is 21.9. The maximum atomic E-state index is 11.9. The first-order chi connectivity index (χ1) is 10.5. The topological polar surface area (TPSA) is 91.4 Å². The molecule has 3 N–H and O–H groups in total. The molecule has 1 aromatic rings. The first-order valence-electron chi connectivity index (χ1n) is 7.07. The van der Waals surface area contributed by atoms with Crippen LogP contribution in [0.3, 0.4) is 0 Å². The van der Waals surface area contributed by atoms with Crippen molar-refractivity contribution in [2.75, 3.05) is 18.0 Å². The third-order valence-corrected chi connectivity index (χ3v) is 4.22. The van der Waals surface area contributed by atoms with E-state index < -0.39 is 0 Å². The fourth-order valence-electron chi connectivity index (χ4n) is 2.60. The zero-order valence-electron chi connectivity index (χ0n) is 11.9. The molecule has 6 nitrogen and oxygen atoms in total. The predicted molar refractivity (Wildman–Crippen MR) is 85.4 cm³/mol. The first-order valence-corrected chi connectivity index (χ1v) is 7.48. The van der Waals surface area contributed by atoms with E-state index in [0.717, 1.165) is 24.1 Å². The Balaban J connectivity index is 1.68. The molecule has 114 valence electrons. The van der Waals surface area contributed by atoms with E-state index in [2.05, 4.69) is 11.4 Å². The van der Waals surface area contributed by atoms with Crippen molar-refractivity contribution in [3.05, 3.63) is 29.8 Å². The molecule has 2 fully saturated rings. The first kappa shape index (κ1) is 14.6. The minimum absolute atomic E-state index is 0.185. The Bertz CT molecular complexity index is 649. The van der Waals surface area contributed by atoms with Crippen LogP contribution in [0.5, 0.6) is 0 Å². The molecule has 0 radical (unpaired) electrons. The summed E-state index contributed by atoms with van der Waals surface area (Å²) >= 11 is 4.74. The summed E-state index contributed by atoms with van der Waals surface area (Å²) in [6.45, 7) is 0.838. The van der Waals surface area contributed by atoms with Crippen molar-refractivity contribution < 1.29 is 9.53 Å². The van der Waals surface area contributed by atoms with Gasteiger partial charge in [-0.3, -0.25) is 4.90 Å². The summed E-state index contributed by atoms with van der Waals surface area (Å²) in [7, 11) is 0. The molecule has 3 rings (SSSR count). The Morgan fingerprint density at radius 3 is 2.73 bits per heavy atom. The van der Waals surface area contributed by atoms with Gasteiger partial charge >= 0.3 is 6.09 Å². The molecule has 0 spiro atoms. The lowest BCUT2D eigenvalue weighted by molar-refractivity contribution is 0.143. The lowest BCUT2D eigenvalue weighted by Gasteiger charge is -2.14. The molecule has 1 heterocycles. The highest BCUT2D eigenvalue weighted by atomic mass is 32.1. The fourth-order valence-corrected chi connectivity index (χ4v) is 2.69. The molecule has 2 aliphatic rings. The van der Waals surface area contributed by atoms with E-state index in [9.17, 15) is 10.1 Å². The Morgan fingerprint density at radius 1 is 1.50 bits per heavy atom. The maximum Gasteiger partial charge on any atom is 0.414 e. The van der Waals surface area contributed by atoms with Crippen LogP contribution in [0.2, 0.25) is 0 Å². The molecule has 1 aliphatic carbocycles. The second-order valence-corrected chi connectivity index (χ2v) is 6.04. The number of amides is 1. The van der Waals surface area contributed by atoms with Crippen molar-refractivity contribution in [3.63, 3.8) is 0 Å². The van der Waals surface area contributed by atoms with Crippen LogP contribution >= 0.6 is 12.2 Å². The molecule has 1 aliphatic heterocycles. The lowest BCUT2D eigenvalue weighted by atomic mass is 9.97. The monoisotopic (exact) mass is 316 g/mol. The van der Waals surface area contributed by atoms with Crippen LogP contribution in [0.4, 0.5) is 10.5 Å². The summed E-state index contributed by atoms with van der Waals surface area (Å²) in [5.41, 5.74) is 6.83. The zero-order valence-corrected chi connectivity index (χ0v) is 12.7. The van der Waals surface area contributed by atoms with Crippen LogP contribution in [0.1, 0.15) is 18.4 Å². The van der Waals surface area contributed by atoms with Gasteiger partial charge in [-0.2, -0.15) is 5.26 Å². The van der Waals surface area contributed by atoms with E-state index in [1.54, 1.807) is 4.90 Å². The maximum absolute atomic E-state index is 11.9. The third kappa shape index (κ3) is 2.70. The van der Waals surface area contributed by atoms with E-state index in [4.69, 9.17) is 22.7 Å². The molecular weight excluding hydrogens is 300 g/mol. The average Bonchev–Trinajstić information content (AvgIpc) is 3.23. The number of ether oxygens (including phenoxy) is 1. The van der Waals surface area contributed by atoms with Crippen LogP contribution < -0.4 is 16.0 Å². The summed E-state index contributed by atoms with van der Waals surface area (Å²) in [6, 6.07) is 9.91. The number of nitrogens with one attached hydrogen (secondary N) is 1. The summed E-state index contributed by atoms with van der Waals surface area (Å²) < 4.78 is 5.27. The standard InChI is InChI=1S/C15H16N4O2S/c16-9-15(5-6-15)10-1-3-11(4-2-10)19-8-12(21-14(19)20)7-18-13(17)22/h1-4,12H,5-8H2,(H3,17,18,22). The summed E-state index contributed by atoms with van der Waals surface area (Å²) in [5, 5.41) is 12.2. The largest absolute Gasteiger partial charge is 0.442 e. The van der Waals surface area contributed by atoms with Crippen LogP contribution in [0.15, 0.2) is 24.3 Å². The van der Waals surface area contributed by atoms with Gasteiger partial charge in [-0.15, -0.1) is 0 Å².